The number of halogens is 5. The summed E-state index contributed by atoms with van der Waals surface area (Å²) in [6.07, 6.45) is -4.53. The van der Waals surface area contributed by atoms with Crippen LogP contribution in [0.4, 0.5) is 24.5 Å². The van der Waals surface area contributed by atoms with Crippen LogP contribution in [0, 0.1) is 21.3 Å². The Balaban J connectivity index is 0.000000303. The second kappa shape index (κ2) is 12.7. The molecule has 0 aliphatic carbocycles. The third-order valence-corrected chi connectivity index (χ3v) is 5.07. The Morgan fingerprint density at radius 2 is 1.47 bits per heavy atom. The summed E-state index contributed by atoms with van der Waals surface area (Å²) < 4.78 is 37.7. The molecule has 0 unspecified atom stereocenters. The molecule has 0 aliphatic rings. The maximum absolute atomic E-state index is 12.6. The average Bonchev–Trinajstić information content (AvgIpc) is 2.67. The number of benzene rings is 2. The first-order valence-electron chi connectivity index (χ1n) is 7.15. The standard InChI is InChI=1S/C9H3F3N2S2.C8H2Cl2N2S2/c10-9(11,12)7-3-6(16-4-13)1-2-8(7)14-5-15;9-5-2-8(14-3-11)6(10)1-7(5)12-4-13/h1-3H;1-2H. The number of thiocarbonyl (C=S) groups is 2. The molecule has 0 amide bonds. The summed E-state index contributed by atoms with van der Waals surface area (Å²) in [5.74, 6) is 0. The van der Waals surface area contributed by atoms with Crippen molar-refractivity contribution in [3.8, 4) is 10.8 Å². The summed E-state index contributed by atoms with van der Waals surface area (Å²) in [5, 5.41) is 25.3. The number of thioether (sulfide) groups is 2. The van der Waals surface area contributed by atoms with E-state index >= 15 is 0 Å². The first-order chi connectivity index (χ1) is 14.2. The van der Waals surface area contributed by atoms with Crippen molar-refractivity contribution in [2.75, 3.05) is 0 Å². The highest BCUT2D eigenvalue weighted by atomic mass is 35.5. The molecule has 2 aromatic carbocycles. The molecule has 0 atom stereocenters. The third kappa shape index (κ3) is 8.08. The quantitative estimate of drug-likeness (QED) is 0.174. The lowest BCUT2D eigenvalue weighted by molar-refractivity contribution is -0.137. The summed E-state index contributed by atoms with van der Waals surface area (Å²) in [5.41, 5.74) is -0.774. The van der Waals surface area contributed by atoms with Gasteiger partial charge in [0.1, 0.15) is 10.8 Å². The Labute approximate surface area is 198 Å². The van der Waals surface area contributed by atoms with Crippen LogP contribution in [0.2, 0.25) is 10.0 Å². The number of rotatable bonds is 4. The number of aliphatic imine (C=N–C) groups is 2. The van der Waals surface area contributed by atoms with E-state index in [0.29, 0.717) is 32.4 Å². The first-order valence-corrected chi connectivity index (χ1v) is 10.4. The Hall–Kier alpha value is -1.91. The lowest BCUT2D eigenvalue weighted by atomic mass is 10.2. The van der Waals surface area contributed by atoms with Crippen LogP contribution in [0.1, 0.15) is 5.56 Å². The molecule has 0 fully saturated rings. The molecule has 0 heterocycles. The molecule has 13 heteroatoms. The van der Waals surface area contributed by atoms with Crippen LogP contribution >= 0.6 is 71.2 Å². The van der Waals surface area contributed by atoms with E-state index in [2.05, 4.69) is 39.6 Å². The Bertz CT molecular complexity index is 1110. The molecule has 0 saturated carbocycles. The smallest absolute Gasteiger partial charge is 0.194 e. The van der Waals surface area contributed by atoms with Crippen LogP contribution in [0.3, 0.4) is 0 Å². The molecular formula is C17H5Cl2F3N4S4. The minimum Gasteiger partial charge on any atom is -0.194 e. The van der Waals surface area contributed by atoms with Gasteiger partial charge in [0.15, 0.2) is 0 Å². The lowest BCUT2D eigenvalue weighted by Crippen LogP contribution is -2.05. The average molecular weight is 521 g/mol. The monoisotopic (exact) mass is 520 g/mol. The van der Waals surface area contributed by atoms with Crippen molar-refractivity contribution in [1.82, 2.24) is 0 Å². The SMILES string of the molecule is N#CSc1cc(Cl)c(N=C=S)cc1Cl.N#CSc1ccc(N=C=S)c(C(F)(F)F)c1. The zero-order valence-electron chi connectivity index (χ0n) is 14.2. The van der Waals surface area contributed by atoms with Gasteiger partial charge in [-0.3, -0.25) is 0 Å². The zero-order chi connectivity index (χ0) is 22.7. The fraction of sp³-hybridized carbons (Fsp3) is 0.0588. The molecule has 2 aromatic rings. The predicted octanol–water partition coefficient (Wildman–Crippen LogP) is 8.31. The van der Waals surface area contributed by atoms with Gasteiger partial charge in [0.2, 0.25) is 0 Å². The van der Waals surface area contributed by atoms with Gasteiger partial charge in [-0.25, -0.2) is 0 Å². The van der Waals surface area contributed by atoms with Crippen LogP contribution < -0.4 is 0 Å². The van der Waals surface area contributed by atoms with Crippen molar-refractivity contribution in [3.63, 3.8) is 0 Å². The second-order valence-corrected chi connectivity index (χ2v) is 7.57. The van der Waals surface area contributed by atoms with Gasteiger partial charge in [-0.1, -0.05) is 23.2 Å². The van der Waals surface area contributed by atoms with Gasteiger partial charge in [0, 0.05) is 9.79 Å². The van der Waals surface area contributed by atoms with E-state index in [1.165, 1.54) is 6.07 Å². The molecule has 0 spiro atoms. The number of isothiocyanates is 2. The molecule has 0 bridgehead atoms. The molecule has 2 rings (SSSR count). The third-order valence-electron chi connectivity index (χ3n) is 2.93. The number of thiocyanates is 2. The number of hydrogen-bond donors (Lipinski definition) is 0. The maximum Gasteiger partial charge on any atom is 0.418 e. The number of hydrogen-bond acceptors (Lipinski definition) is 8. The van der Waals surface area contributed by atoms with Gasteiger partial charge in [0.05, 0.1) is 37.3 Å². The molecular weight excluding hydrogens is 516 g/mol. The topological polar surface area (TPSA) is 72.3 Å². The van der Waals surface area contributed by atoms with Crippen LogP contribution in [-0.4, -0.2) is 10.3 Å². The summed E-state index contributed by atoms with van der Waals surface area (Å²) in [7, 11) is 0. The molecule has 0 radical (unpaired) electrons. The summed E-state index contributed by atoms with van der Waals surface area (Å²) in [6.45, 7) is 0. The van der Waals surface area contributed by atoms with Gasteiger partial charge in [-0.05, 0) is 78.3 Å². The lowest BCUT2D eigenvalue weighted by Gasteiger charge is -2.09. The summed E-state index contributed by atoms with van der Waals surface area (Å²) in [4.78, 5) is 7.86. The van der Waals surface area contributed by atoms with E-state index in [1.807, 2.05) is 10.6 Å². The maximum atomic E-state index is 12.6. The van der Waals surface area contributed by atoms with Gasteiger partial charge < -0.3 is 0 Å². The van der Waals surface area contributed by atoms with Gasteiger partial charge in [0.25, 0.3) is 0 Å². The number of nitrogens with zero attached hydrogens (tertiary/aromatic N) is 4. The molecule has 0 N–H and O–H groups in total. The van der Waals surface area contributed by atoms with Crippen LogP contribution in [-0.2, 0) is 6.18 Å². The summed E-state index contributed by atoms with van der Waals surface area (Å²) in [6, 6.07) is 6.50. The van der Waals surface area contributed by atoms with Gasteiger partial charge in [-0.2, -0.15) is 33.7 Å². The van der Waals surface area contributed by atoms with E-state index in [1.54, 1.807) is 17.5 Å². The molecule has 4 nitrogen and oxygen atoms in total. The molecule has 0 aliphatic heterocycles. The van der Waals surface area contributed by atoms with Crippen molar-refractivity contribution < 1.29 is 13.2 Å². The number of nitriles is 2. The van der Waals surface area contributed by atoms with Crippen LogP contribution in [0.25, 0.3) is 0 Å². The van der Waals surface area contributed by atoms with E-state index in [-0.39, 0.29) is 10.6 Å². The molecule has 0 saturated heterocycles. The van der Waals surface area contributed by atoms with E-state index in [9.17, 15) is 13.2 Å². The Kier molecular flexibility index (Phi) is 11.1. The van der Waals surface area contributed by atoms with Crippen molar-refractivity contribution in [2.45, 2.75) is 16.0 Å². The zero-order valence-corrected chi connectivity index (χ0v) is 19.0. The molecule has 152 valence electrons. The van der Waals surface area contributed by atoms with Crippen molar-refractivity contribution in [1.29, 1.82) is 10.5 Å². The highest BCUT2D eigenvalue weighted by molar-refractivity contribution is 8.04. The van der Waals surface area contributed by atoms with Gasteiger partial charge >= 0.3 is 6.18 Å². The Morgan fingerprint density at radius 1 is 0.867 bits per heavy atom. The Morgan fingerprint density at radius 3 is 2.00 bits per heavy atom. The minimum atomic E-state index is -4.53. The van der Waals surface area contributed by atoms with E-state index in [4.69, 9.17) is 33.7 Å². The fourth-order valence-corrected chi connectivity index (χ4v) is 3.38. The minimum absolute atomic E-state index is 0.207. The molecule has 30 heavy (non-hydrogen) atoms. The van der Waals surface area contributed by atoms with E-state index < -0.39 is 11.7 Å². The predicted molar refractivity (Wildman–Crippen MR) is 120 cm³/mol. The van der Waals surface area contributed by atoms with E-state index in [0.717, 1.165) is 23.9 Å². The highest BCUT2D eigenvalue weighted by Crippen LogP contribution is 2.38. The number of alkyl halides is 3. The molecule has 0 aromatic heterocycles. The van der Waals surface area contributed by atoms with Crippen molar-refractivity contribution in [2.24, 2.45) is 9.98 Å². The fourth-order valence-electron chi connectivity index (χ4n) is 1.79. The normalized spacial score (nSPS) is 9.70. The second-order valence-electron chi connectivity index (χ2n) is 4.70. The van der Waals surface area contributed by atoms with Crippen molar-refractivity contribution >= 4 is 92.9 Å². The van der Waals surface area contributed by atoms with Crippen LogP contribution in [0.5, 0.6) is 0 Å². The highest BCUT2D eigenvalue weighted by Gasteiger charge is 2.33. The first kappa shape index (κ1) is 26.1. The summed E-state index contributed by atoms with van der Waals surface area (Å²) >= 11 is 22.0. The largest absolute Gasteiger partial charge is 0.418 e. The van der Waals surface area contributed by atoms with Gasteiger partial charge in [-0.15, -0.1) is 0 Å². The van der Waals surface area contributed by atoms with Crippen LogP contribution in [0.15, 0.2) is 50.1 Å². The van der Waals surface area contributed by atoms with Crippen molar-refractivity contribution in [3.05, 3.63) is 45.9 Å².